The first-order valence-corrected chi connectivity index (χ1v) is 17.6. The number of carbonyl (C=O) groups excluding carboxylic acids is 1. The number of hydrogen-bond acceptors (Lipinski definition) is 3. The lowest BCUT2D eigenvalue weighted by atomic mass is 9.88. The van der Waals surface area contributed by atoms with Crippen molar-refractivity contribution in [3.63, 3.8) is 0 Å². The van der Waals surface area contributed by atoms with E-state index >= 15 is 0 Å². The van der Waals surface area contributed by atoms with Crippen molar-refractivity contribution >= 4 is 48.8 Å². The van der Waals surface area contributed by atoms with Crippen LogP contribution in [-0.2, 0) is 25.7 Å². The molecule has 0 unspecified atom stereocenters. The van der Waals surface area contributed by atoms with E-state index in [-0.39, 0.29) is 23.7 Å². The van der Waals surface area contributed by atoms with Crippen molar-refractivity contribution in [2.24, 2.45) is 10.8 Å². The van der Waals surface area contributed by atoms with Crippen LogP contribution in [0.25, 0.3) is 20.2 Å². The highest BCUT2D eigenvalue weighted by atomic mass is 35.5. The molecule has 0 saturated carbocycles. The Morgan fingerprint density at radius 2 is 1.18 bits per heavy atom. The zero-order valence-corrected chi connectivity index (χ0v) is 30.8. The van der Waals surface area contributed by atoms with Gasteiger partial charge in [0.25, 0.3) is 5.91 Å². The summed E-state index contributed by atoms with van der Waals surface area (Å²) in [6.07, 6.45) is 4.18. The minimum atomic E-state index is 0. The average Bonchev–Trinajstić information content (AvgIpc) is 3.52. The van der Waals surface area contributed by atoms with E-state index in [0.29, 0.717) is 12.0 Å². The highest BCUT2D eigenvalue weighted by Crippen LogP contribution is 2.34. The Kier molecular flexibility index (Phi) is 12.9. The monoisotopic (exact) mass is 662 g/mol. The van der Waals surface area contributed by atoms with Crippen LogP contribution < -0.4 is 23.5 Å². The van der Waals surface area contributed by atoms with Crippen molar-refractivity contribution in [2.45, 2.75) is 81.1 Å². The highest BCUT2D eigenvalue weighted by Gasteiger charge is 2.17. The quantitative estimate of drug-likeness (QED) is 0.200. The van der Waals surface area contributed by atoms with Crippen LogP contribution in [0.4, 0.5) is 0 Å². The number of amides is 1. The summed E-state index contributed by atoms with van der Waals surface area (Å²) >= 11 is 3.72. The van der Waals surface area contributed by atoms with Gasteiger partial charge in [0.15, 0.2) is 0 Å². The molecule has 0 fully saturated rings. The molecule has 6 heteroatoms. The number of halogens is 1. The van der Waals surface area contributed by atoms with Gasteiger partial charge in [0, 0.05) is 27.9 Å². The standard InChI is InChI=1S/C24H29NOS.C15H21NS.ClH/c1-16-11-17(2)13-19(12-16)23(26)25-10-9-18-7-6-8-21-20(14-24(3,4)5)15-27-22(18)21;1-15(2,3)9-12-10-17-14-11(7-8-16)5-4-6-13(12)14;/h6-8,11-13,15H,9-10,14H2,1-5H3,(H,25,26);4-6,10H,7-9,16H2,1-3H3;1H. The Labute approximate surface area is 285 Å². The van der Waals surface area contributed by atoms with E-state index in [1.807, 2.05) is 48.7 Å². The lowest BCUT2D eigenvalue weighted by molar-refractivity contribution is -0.366. The first-order chi connectivity index (χ1) is 20.7. The molecule has 242 valence electrons. The molecule has 0 spiro atoms. The van der Waals surface area contributed by atoms with Gasteiger partial charge in [-0.05, 0) is 99.9 Å². The third-order valence-electron chi connectivity index (χ3n) is 7.57. The zero-order chi connectivity index (χ0) is 32.1. The smallest absolute Gasteiger partial charge is 0.251 e. The highest BCUT2D eigenvalue weighted by molar-refractivity contribution is 7.17. The van der Waals surface area contributed by atoms with Gasteiger partial charge in [0.1, 0.15) is 0 Å². The Morgan fingerprint density at radius 3 is 1.62 bits per heavy atom. The fourth-order valence-corrected chi connectivity index (χ4v) is 8.10. The Balaban J connectivity index is 0.000000265. The normalized spacial score (nSPS) is 11.7. The van der Waals surface area contributed by atoms with Gasteiger partial charge in [-0.2, -0.15) is 0 Å². The summed E-state index contributed by atoms with van der Waals surface area (Å²) in [7, 11) is 0. The minimum Gasteiger partial charge on any atom is -1.00 e. The first-order valence-electron chi connectivity index (χ1n) is 15.9. The largest absolute Gasteiger partial charge is 1.00 e. The molecule has 1 amide bonds. The van der Waals surface area contributed by atoms with E-state index in [9.17, 15) is 4.79 Å². The van der Waals surface area contributed by atoms with Crippen LogP contribution in [0, 0.1) is 24.7 Å². The van der Waals surface area contributed by atoms with Crippen molar-refractivity contribution in [1.82, 2.24) is 5.32 Å². The summed E-state index contributed by atoms with van der Waals surface area (Å²) in [4.78, 5) is 12.5. The van der Waals surface area contributed by atoms with Crippen molar-refractivity contribution in [3.8, 4) is 0 Å². The maximum absolute atomic E-state index is 12.5. The van der Waals surface area contributed by atoms with Gasteiger partial charge in [0.2, 0.25) is 0 Å². The Hall–Kier alpha value is -2.70. The van der Waals surface area contributed by atoms with Crippen molar-refractivity contribution in [2.75, 3.05) is 13.1 Å². The topological polar surface area (TPSA) is 56.7 Å². The molecular weight excluding hydrogens is 612 g/mol. The Bertz CT molecular complexity index is 1700. The number of thiophene rings is 2. The molecule has 0 radical (unpaired) electrons. The average molecular weight is 663 g/mol. The summed E-state index contributed by atoms with van der Waals surface area (Å²) < 4.78 is 2.83. The molecule has 3 nitrogen and oxygen atoms in total. The number of aryl methyl sites for hydroxylation is 2. The number of rotatable bonds is 8. The van der Waals surface area contributed by atoms with Gasteiger partial charge < -0.3 is 23.5 Å². The molecule has 3 aromatic carbocycles. The van der Waals surface area contributed by atoms with Crippen LogP contribution in [0.2, 0.25) is 0 Å². The second-order valence-corrected chi connectivity index (χ2v) is 16.3. The molecule has 2 heterocycles. The number of quaternary nitrogens is 1. The van der Waals surface area contributed by atoms with Crippen LogP contribution in [0.3, 0.4) is 0 Å². The lowest BCUT2D eigenvalue weighted by Gasteiger charge is -2.17. The second kappa shape index (κ2) is 15.7. The number of benzene rings is 3. The number of carbonyl (C=O) groups is 1. The molecule has 4 N–H and O–H groups in total. The molecule has 5 rings (SSSR count). The van der Waals surface area contributed by atoms with Gasteiger partial charge in [-0.1, -0.05) is 95.1 Å². The molecule has 0 aliphatic carbocycles. The third-order valence-corrected chi connectivity index (χ3v) is 9.81. The fourth-order valence-electron chi connectivity index (χ4n) is 5.86. The fraction of sp³-hybridized carbons (Fsp3) is 0.410. The molecule has 5 aromatic rings. The van der Waals surface area contributed by atoms with Crippen LogP contribution in [0.1, 0.15) is 85.3 Å². The minimum absolute atomic E-state index is 0. The summed E-state index contributed by atoms with van der Waals surface area (Å²) in [5.41, 5.74) is 13.3. The number of hydrogen-bond donors (Lipinski definition) is 2. The predicted octanol–water partition coefficient (Wildman–Crippen LogP) is 6.36. The number of nitrogens with one attached hydrogen (secondary N) is 1. The molecule has 0 bridgehead atoms. The second-order valence-electron chi connectivity index (χ2n) is 14.6. The summed E-state index contributed by atoms with van der Waals surface area (Å²) in [6, 6.07) is 19.2. The van der Waals surface area contributed by atoms with Crippen LogP contribution in [-0.4, -0.2) is 19.0 Å². The van der Waals surface area contributed by atoms with E-state index in [4.69, 9.17) is 0 Å². The van der Waals surface area contributed by atoms with Gasteiger partial charge >= 0.3 is 0 Å². The Morgan fingerprint density at radius 1 is 0.711 bits per heavy atom. The first kappa shape index (κ1) is 36.8. The lowest BCUT2D eigenvalue weighted by Crippen LogP contribution is -3.00. The van der Waals surface area contributed by atoms with Crippen LogP contribution in [0.5, 0.6) is 0 Å². The van der Waals surface area contributed by atoms with Gasteiger partial charge in [-0.3, -0.25) is 4.79 Å². The maximum Gasteiger partial charge on any atom is 0.251 e. The summed E-state index contributed by atoms with van der Waals surface area (Å²) in [5, 5.41) is 10.5. The predicted molar refractivity (Wildman–Crippen MR) is 193 cm³/mol. The van der Waals surface area contributed by atoms with E-state index in [0.717, 1.165) is 48.9 Å². The van der Waals surface area contributed by atoms with Crippen LogP contribution in [0.15, 0.2) is 65.4 Å². The van der Waals surface area contributed by atoms with Crippen molar-refractivity contribution < 1.29 is 22.9 Å². The molecule has 2 aromatic heterocycles. The van der Waals surface area contributed by atoms with E-state index in [2.05, 4.69) is 106 Å². The SMILES string of the molecule is CC(C)(C)Cc1csc2c(CC[NH3+])cccc12.Cc1cc(C)cc(C(=O)NCCc2cccc3c(CC(C)(C)C)csc23)c1.[Cl-]. The maximum atomic E-state index is 12.5. The van der Waals surface area contributed by atoms with Gasteiger partial charge in [-0.15, -0.1) is 22.7 Å². The molecule has 45 heavy (non-hydrogen) atoms. The van der Waals surface area contributed by atoms with E-state index in [1.54, 1.807) is 0 Å². The van der Waals surface area contributed by atoms with Gasteiger partial charge in [-0.25, -0.2) is 0 Å². The summed E-state index contributed by atoms with van der Waals surface area (Å²) in [5.74, 6) is 0.00794. The molecule has 0 aliphatic heterocycles. The van der Waals surface area contributed by atoms with E-state index < -0.39 is 0 Å². The zero-order valence-electron chi connectivity index (χ0n) is 28.4. The van der Waals surface area contributed by atoms with Crippen LogP contribution >= 0.6 is 22.7 Å². The van der Waals surface area contributed by atoms with E-state index in [1.165, 1.54) is 42.4 Å². The van der Waals surface area contributed by atoms with Crippen molar-refractivity contribution in [3.05, 3.63) is 104 Å². The van der Waals surface area contributed by atoms with Crippen molar-refractivity contribution in [1.29, 1.82) is 0 Å². The molecule has 0 aliphatic rings. The third kappa shape index (κ3) is 10.4. The molecule has 0 atom stereocenters. The molecular formula is C39H51ClN2OS2. The summed E-state index contributed by atoms with van der Waals surface area (Å²) in [6.45, 7) is 19.4. The number of fused-ring (bicyclic) bond motifs is 2. The molecule has 0 saturated heterocycles. The van der Waals surface area contributed by atoms with Gasteiger partial charge in [0.05, 0.1) is 6.54 Å².